The summed E-state index contributed by atoms with van der Waals surface area (Å²) in [5.41, 5.74) is 22.9. The maximum absolute atomic E-state index is 6.82. The van der Waals surface area contributed by atoms with E-state index in [0.29, 0.717) is 0 Å². The van der Waals surface area contributed by atoms with Crippen LogP contribution in [0.15, 0.2) is 114 Å². The molecule has 4 heteroatoms. The van der Waals surface area contributed by atoms with Gasteiger partial charge in [0.15, 0.2) is 5.58 Å². The summed E-state index contributed by atoms with van der Waals surface area (Å²) in [6.45, 7) is 16.3. The highest BCUT2D eigenvalue weighted by Gasteiger charge is 2.44. The fraction of sp³-hybridized carbons (Fsp3) is 0.208. The van der Waals surface area contributed by atoms with Gasteiger partial charge < -0.3 is 13.9 Å². The van der Waals surface area contributed by atoms with Crippen LogP contribution in [-0.2, 0) is 17.3 Å². The first-order valence-electron chi connectivity index (χ1n) is 18.8. The molecule has 0 saturated carbocycles. The van der Waals surface area contributed by atoms with Gasteiger partial charge in [0, 0.05) is 33.4 Å². The maximum atomic E-state index is 6.82. The zero-order valence-corrected chi connectivity index (χ0v) is 31.0. The molecule has 8 aromatic rings. The Morgan fingerprint density at radius 3 is 2.17 bits per heavy atom. The van der Waals surface area contributed by atoms with Crippen molar-refractivity contribution in [1.29, 1.82) is 0 Å². The van der Waals surface area contributed by atoms with Gasteiger partial charge in [-0.15, -0.1) is 0 Å². The van der Waals surface area contributed by atoms with Crippen LogP contribution in [0.4, 0.5) is 17.1 Å². The predicted octanol–water partition coefficient (Wildman–Crippen LogP) is 10.6. The Bertz CT molecular complexity index is 2870. The average molecular weight is 673 g/mol. The second-order valence-electron chi connectivity index (χ2n) is 17.5. The fourth-order valence-electron chi connectivity index (χ4n) is 9.62. The van der Waals surface area contributed by atoms with E-state index in [-0.39, 0.29) is 17.5 Å². The number of hydrogen-bond donors (Lipinski definition) is 0. The van der Waals surface area contributed by atoms with Crippen molar-refractivity contribution in [3.63, 3.8) is 0 Å². The van der Waals surface area contributed by atoms with Crippen LogP contribution in [0.1, 0.15) is 69.4 Å². The number of aryl methyl sites for hydroxylation is 1. The minimum Gasteiger partial charge on any atom is -0.454 e. The smallest absolute Gasteiger partial charge is 0.252 e. The normalized spacial score (nSPS) is 14.3. The molecular formula is C48H41BN2O. The summed E-state index contributed by atoms with van der Waals surface area (Å²) in [4.78, 5) is 2.62. The summed E-state index contributed by atoms with van der Waals surface area (Å²) in [6, 6.07) is 41.6. The van der Waals surface area contributed by atoms with Gasteiger partial charge in [-0.1, -0.05) is 108 Å². The minimum absolute atomic E-state index is 0.00378. The summed E-state index contributed by atoms with van der Waals surface area (Å²) in [5, 5.41) is 2.36. The summed E-state index contributed by atoms with van der Waals surface area (Å²) in [6.07, 6.45) is 0.965. The second-order valence-corrected chi connectivity index (χ2v) is 17.5. The molecule has 0 spiro atoms. The number of benzene rings is 6. The summed E-state index contributed by atoms with van der Waals surface area (Å²) < 4.78 is 9.38. The molecule has 0 bridgehead atoms. The first-order valence-corrected chi connectivity index (χ1v) is 18.8. The van der Waals surface area contributed by atoms with Crippen LogP contribution in [0, 0.1) is 6.92 Å². The first-order chi connectivity index (χ1) is 25.0. The highest BCUT2D eigenvalue weighted by atomic mass is 16.3. The van der Waals surface area contributed by atoms with Gasteiger partial charge >= 0.3 is 0 Å². The van der Waals surface area contributed by atoms with Crippen molar-refractivity contribution in [1.82, 2.24) is 4.57 Å². The molecule has 11 rings (SSSR count). The minimum atomic E-state index is -0.0425. The third-order valence-corrected chi connectivity index (χ3v) is 12.1. The molecule has 52 heavy (non-hydrogen) atoms. The Morgan fingerprint density at radius 2 is 1.35 bits per heavy atom. The molecule has 0 saturated heterocycles. The highest BCUT2D eigenvalue weighted by Crippen LogP contribution is 2.50. The summed E-state index contributed by atoms with van der Waals surface area (Å²) in [7, 11) is 0. The summed E-state index contributed by atoms with van der Waals surface area (Å²) in [5.74, 6) is 0. The van der Waals surface area contributed by atoms with E-state index in [0.717, 1.165) is 23.0 Å². The second kappa shape index (κ2) is 9.89. The van der Waals surface area contributed by atoms with Gasteiger partial charge in [0.05, 0.1) is 11.2 Å². The van der Waals surface area contributed by atoms with E-state index < -0.39 is 0 Å². The molecule has 252 valence electrons. The number of nitrogens with zero attached hydrogens (tertiary/aromatic N) is 2. The Labute approximate surface area is 305 Å². The molecule has 3 nitrogen and oxygen atoms in total. The Hall–Kier alpha value is -5.48. The van der Waals surface area contributed by atoms with Crippen LogP contribution in [0.2, 0.25) is 0 Å². The van der Waals surface area contributed by atoms with Crippen molar-refractivity contribution in [2.45, 2.75) is 65.7 Å². The average Bonchev–Trinajstić information content (AvgIpc) is 3.78. The van der Waals surface area contributed by atoms with Gasteiger partial charge in [-0.3, -0.25) is 0 Å². The Kier molecular flexibility index (Phi) is 5.74. The molecule has 0 atom stereocenters. The van der Waals surface area contributed by atoms with Crippen LogP contribution in [-0.4, -0.2) is 11.3 Å². The molecule has 4 heterocycles. The van der Waals surface area contributed by atoms with Crippen molar-refractivity contribution in [2.24, 2.45) is 0 Å². The molecular weight excluding hydrogens is 631 g/mol. The highest BCUT2D eigenvalue weighted by molar-refractivity contribution is 7.00. The van der Waals surface area contributed by atoms with Gasteiger partial charge in [-0.25, -0.2) is 0 Å². The maximum Gasteiger partial charge on any atom is 0.252 e. The van der Waals surface area contributed by atoms with Crippen LogP contribution in [0.5, 0.6) is 0 Å². The molecule has 0 amide bonds. The molecule has 0 fully saturated rings. The number of para-hydroxylation sites is 1. The monoisotopic (exact) mass is 672 g/mol. The van der Waals surface area contributed by atoms with Crippen molar-refractivity contribution >= 4 is 73.1 Å². The Morgan fingerprint density at radius 1 is 0.596 bits per heavy atom. The molecule has 1 aliphatic carbocycles. The van der Waals surface area contributed by atoms with Gasteiger partial charge in [0.1, 0.15) is 11.1 Å². The van der Waals surface area contributed by atoms with Crippen molar-refractivity contribution in [2.75, 3.05) is 4.90 Å². The molecule has 3 aliphatic rings. The number of furan rings is 1. The summed E-state index contributed by atoms with van der Waals surface area (Å²) >= 11 is 0. The van der Waals surface area contributed by atoms with Crippen molar-refractivity contribution < 1.29 is 4.42 Å². The SMILES string of the molecule is Cc1cc2c3c(c1)-n1c4c(cc(C(C)(C)C)cc4c4oc5ccccc5c41)B3c1ccc(C(C)(C)C)cc1N2c1cccc2c1-c1ccccc1C2. The largest absolute Gasteiger partial charge is 0.454 e. The number of aromatic nitrogens is 1. The first kappa shape index (κ1) is 30.2. The number of anilines is 3. The van der Waals surface area contributed by atoms with E-state index in [1.165, 1.54) is 94.5 Å². The topological polar surface area (TPSA) is 21.3 Å². The van der Waals surface area contributed by atoms with E-state index in [2.05, 4.69) is 167 Å². The van der Waals surface area contributed by atoms with Gasteiger partial charge in [0.25, 0.3) is 6.71 Å². The molecule has 0 radical (unpaired) electrons. The van der Waals surface area contributed by atoms with Crippen LogP contribution in [0.3, 0.4) is 0 Å². The van der Waals surface area contributed by atoms with Gasteiger partial charge in [-0.05, 0) is 116 Å². The molecule has 2 aliphatic heterocycles. The van der Waals surface area contributed by atoms with Gasteiger partial charge in [-0.2, -0.15) is 0 Å². The third kappa shape index (κ3) is 3.88. The lowest BCUT2D eigenvalue weighted by Gasteiger charge is -2.42. The standard InChI is InChI=1S/C48H41BN2O/c1-27-21-39-43-40(22-27)51-44-34(46-45(51)33-16-10-11-18-41(33)52-46)24-31(48(5,6)7)25-36(44)49(43)35-20-19-30(47(2,3)4)26-38(35)50(39)37-17-12-14-29-23-28-13-8-9-15-32(28)42(29)37/h8-22,24-26H,23H2,1-7H3. The van der Waals surface area contributed by atoms with Crippen molar-refractivity contribution in [3.05, 3.63) is 137 Å². The zero-order valence-electron chi connectivity index (χ0n) is 31.0. The lowest BCUT2D eigenvalue weighted by Crippen LogP contribution is -2.60. The Balaban J connectivity index is 1.32. The lowest BCUT2D eigenvalue weighted by atomic mass is 9.33. The van der Waals surface area contributed by atoms with Crippen molar-refractivity contribution in [3.8, 4) is 16.8 Å². The molecule has 2 aromatic heterocycles. The number of hydrogen-bond acceptors (Lipinski definition) is 2. The lowest BCUT2D eigenvalue weighted by molar-refractivity contribution is 0.590. The zero-order chi connectivity index (χ0) is 35.4. The predicted molar refractivity (Wildman–Crippen MR) is 220 cm³/mol. The van der Waals surface area contributed by atoms with E-state index in [1.54, 1.807) is 0 Å². The van der Waals surface area contributed by atoms with Gasteiger partial charge in [0.2, 0.25) is 0 Å². The van der Waals surface area contributed by atoms with E-state index in [9.17, 15) is 0 Å². The van der Waals surface area contributed by atoms with Crippen LogP contribution < -0.4 is 21.3 Å². The molecule has 0 unspecified atom stereocenters. The third-order valence-electron chi connectivity index (χ3n) is 12.1. The van der Waals surface area contributed by atoms with E-state index in [4.69, 9.17) is 4.42 Å². The fourth-order valence-corrected chi connectivity index (χ4v) is 9.62. The number of fused-ring (bicyclic) bond motifs is 12. The van der Waals surface area contributed by atoms with E-state index in [1.807, 2.05) is 0 Å². The van der Waals surface area contributed by atoms with Crippen LogP contribution in [0.25, 0.3) is 49.8 Å². The van der Waals surface area contributed by atoms with Crippen LogP contribution >= 0.6 is 0 Å². The van der Waals surface area contributed by atoms with E-state index >= 15 is 0 Å². The molecule has 0 N–H and O–H groups in total. The quantitative estimate of drug-likeness (QED) is 0.162. The number of rotatable bonds is 1. The molecule has 6 aromatic carbocycles.